The van der Waals surface area contributed by atoms with Crippen molar-refractivity contribution in [3.8, 4) is 0 Å². The van der Waals surface area contributed by atoms with Crippen molar-refractivity contribution in [2.45, 2.75) is 64.4 Å². The number of nitrogens with zero attached hydrogens (tertiary/aromatic N) is 3. The second kappa shape index (κ2) is 10.2. The van der Waals surface area contributed by atoms with Crippen LogP contribution >= 0.6 is 0 Å². The third-order valence-electron chi connectivity index (χ3n) is 6.74. The second-order valence-corrected chi connectivity index (χ2v) is 10.9. The lowest BCUT2D eigenvalue weighted by atomic mass is 10.1. The van der Waals surface area contributed by atoms with E-state index in [1.807, 2.05) is 37.8 Å². The normalized spacial score (nSPS) is 18.2. The van der Waals surface area contributed by atoms with Gasteiger partial charge in [0.25, 0.3) is 5.91 Å². The van der Waals surface area contributed by atoms with Gasteiger partial charge in [-0.05, 0) is 62.9 Å². The molecular weight excluding hydrogens is 473 g/mol. The number of carbonyl (C=O) groups is 2. The second-order valence-electron chi connectivity index (χ2n) is 10.9. The molecule has 8 heteroatoms. The Morgan fingerprint density at radius 3 is 2.54 bits per heavy atom. The number of carbonyl (C=O) groups excluding carboxylic acids is 2. The third kappa shape index (κ3) is 5.96. The van der Waals surface area contributed by atoms with Gasteiger partial charge >= 0.3 is 6.09 Å². The molecule has 3 aromatic rings. The van der Waals surface area contributed by atoms with Crippen molar-refractivity contribution < 1.29 is 23.5 Å². The number of halogens is 1. The predicted molar refractivity (Wildman–Crippen MR) is 139 cm³/mol. The number of aromatic nitrogens is 1. The van der Waals surface area contributed by atoms with Gasteiger partial charge in [0.2, 0.25) is 0 Å². The Bertz CT molecular complexity index is 1280. The van der Waals surface area contributed by atoms with E-state index in [0.717, 1.165) is 34.9 Å². The van der Waals surface area contributed by atoms with Crippen LogP contribution in [0.5, 0.6) is 0 Å². The quantitative estimate of drug-likeness (QED) is 0.473. The number of para-hydroxylation sites is 1. The summed E-state index contributed by atoms with van der Waals surface area (Å²) in [6.45, 7) is 7.44. The predicted octanol–water partition coefficient (Wildman–Crippen LogP) is 4.96. The minimum Gasteiger partial charge on any atom is -0.444 e. The highest BCUT2D eigenvalue weighted by Gasteiger charge is 2.39. The van der Waals surface area contributed by atoms with Gasteiger partial charge in [-0.1, -0.05) is 30.3 Å². The number of rotatable bonds is 6. The SMILES string of the molecule is CC(C)(C)OC(=O)N1CCOC(C(=O)N(Cc2cn(Cc3ccc(F)cc3)c3ccccc23)C2CC2)C1. The number of hydrogen-bond acceptors (Lipinski definition) is 4. The van der Waals surface area contributed by atoms with Crippen LogP contribution < -0.4 is 0 Å². The Balaban J connectivity index is 1.35. The van der Waals surface area contributed by atoms with Crippen molar-refractivity contribution in [2.24, 2.45) is 0 Å². The lowest BCUT2D eigenvalue weighted by molar-refractivity contribution is -0.150. The van der Waals surface area contributed by atoms with Crippen LogP contribution in [-0.2, 0) is 27.4 Å². The first-order valence-corrected chi connectivity index (χ1v) is 12.9. The first-order valence-electron chi connectivity index (χ1n) is 12.9. The van der Waals surface area contributed by atoms with Crippen molar-refractivity contribution in [1.82, 2.24) is 14.4 Å². The summed E-state index contributed by atoms with van der Waals surface area (Å²) < 4.78 is 26.9. The van der Waals surface area contributed by atoms with E-state index in [2.05, 4.69) is 22.9 Å². The van der Waals surface area contributed by atoms with Gasteiger partial charge in [0, 0.05) is 42.8 Å². The molecule has 2 amide bonds. The van der Waals surface area contributed by atoms with Gasteiger partial charge in [-0.25, -0.2) is 9.18 Å². The first kappa shape index (κ1) is 25.3. The Labute approximate surface area is 216 Å². The molecule has 2 fully saturated rings. The average molecular weight is 508 g/mol. The standard InChI is InChI=1S/C29H34FN3O4/c1-29(2,3)37-28(35)31-14-15-36-26(19-31)27(34)33(23-12-13-23)18-21-17-32(25-7-5-4-6-24(21)25)16-20-8-10-22(30)11-9-20/h4-11,17,23,26H,12-16,18-19H2,1-3H3. The topological polar surface area (TPSA) is 64.0 Å². The fraction of sp³-hybridized carbons (Fsp3) is 0.448. The highest BCUT2D eigenvalue weighted by Crippen LogP contribution is 2.32. The minimum absolute atomic E-state index is 0.0916. The molecule has 0 spiro atoms. The molecule has 1 saturated carbocycles. The largest absolute Gasteiger partial charge is 0.444 e. The Hall–Kier alpha value is -3.39. The van der Waals surface area contributed by atoms with Crippen molar-refractivity contribution in [2.75, 3.05) is 19.7 Å². The van der Waals surface area contributed by atoms with E-state index in [1.54, 1.807) is 17.0 Å². The molecule has 196 valence electrons. The maximum atomic E-state index is 13.7. The smallest absolute Gasteiger partial charge is 0.410 e. The molecule has 1 atom stereocenters. The van der Waals surface area contributed by atoms with Crippen molar-refractivity contribution in [3.05, 3.63) is 71.7 Å². The zero-order chi connectivity index (χ0) is 26.2. The van der Waals surface area contributed by atoms with E-state index >= 15 is 0 Å². The zero-order valence-electron chi connectivity index (χ0n) is 21.7. The van der Waals surface area contributed by atoms with Crippen LogP contribution in [0.15, 0.2) is 54.7 Å². The number of hydrogen-bond donors (Lipinski definition) is 0. The Morgan fingerprint density at radius 2 is 1.84 bits per heavy atom. The summed E-state index contributed by atoms with van der Waals surface area (Å²) in [5.41, 5.74) is 2.52. The molecular formula is C29H34FN3O4. The number of morpholine rings is 1. The summed E-state index contributed by atoms with van der Waals surface area (Å²) in [6.07, 6.45) is 2.88. The fourth-order valence-electron chi connectivity index (χ4n) is 4.80. The molecule has 2 aliphatic rings. The third-order valence-corrected chi connectivity index (χ3v) is 6.74. The highest BCUT2D eigenvalue weighted by atomic mass is 19.1. The van der Waals surface area contributed by atoms with Crippen molar-refractivity contribution in [3.63, 3.8) is 0 Å². The lowest BCUT2D eigenvalue weighted by Gasteiger charge is -2.35. The molecule has 2 aromatic carbocycles. The van der Waals surface area contributed by atoms with Crippen LogP contribution in [0.25, 0.3) is 10.9 Å². The van der Waals surface area contributed by atoms with Crippen LogP contribution in [-0.4, -0.2) is 63.8 Å². The van der Waals surface area contributed by atoms with Crippen LogP contribution in [0.2, 0.25) is 0 Å². The van der Waals surface area contributed by atoms with Crippen LogP contribution in [0.4, 0.5) is 9.18 Å². The van der Waals surface area contributed by atoms with Crippen LogP contribution in [0.3, 0.4) is 0 Å². The molecule has 0 N–H and O–H groups in total. The highest BCUT2D eigenvalue weighted by molar-refractivity contribution is 5.86. The lowest BCUT2D eigenvalue weighted by Crippen LogP contribution is -2.53. The number of benzene rings is 2. The molecule has 1 aliphatic heterocycles. The maximum Gasteiger partial charge on any atom is 0.410 e. The van der Waals surface area contributed by atoms with Gasteiger partial charge in [0.1, 0.15) is 11.4 Å². The van der Waals surface area contributed by atoms with E-state index < -0.39 is 17.8 Å². The van der Waals surface area contributed by atoms with E-state index in [4.69, 9.17) is 9.47 Å². The molecule has 7 nitrogen and oxygen atoms in total. The van der Waals surface area contributed by atoms with Gasteiger partial charge in [0.15, 0.2) is 6.10 Å². The van der Waals surface area contributed by atoms with Gasteiger partial charge in [-0.3, -0.25) is 4.79 Å². The van der Waals surface area contributed by atoms with E-state index in [-0.39, 0.29) is 24.3 Å². The van der Waals surface area contributed by atoms with E-state index in [1.165, 1.54) is 12.1 Å². The van der Waals surface area contributed by atoms with Gasteiger partial charge in [0.05, 0.1) is 13.2 Å². The summed E-state index contributed by atoms with van der Waals surface area (Å²) >= 11 is 0. The summed E-state index contributed by atoms with van der Waals surface area (Å²) in [6, 6.07) is 14.8. The molecule has 2 heterocycles. The molecule has 1 saturated heterocycles. The van der Waals surface area contributed by atoms with Crippen molar-refractivity contribution in [1.29, 1.82) is 0 Å². The number of ether oxygens (including phenoxy) is 2. The molecule has 1 aromatic heterocycles. The van der Waals surface area contributed by atoms with E-state index in [0.29, 0.717) is 26.2 Å². The van der Waals surface area contributed by atoms with Crippen molar-refractivity contribution >= 4 is 22.9 Å². The van der Waals surface area contributed by atoms with Gasteiger partial charge in [-0.2, -0.15) is 0 Å². The van der Waals surface area contributed by atoms with Crippen LogP contribution in [0.1, 0.15) is 44.7 Å². The van der Waals surface area contributed by atoms with Gasteiger partial charge in [-0.15, -0.1) is 0 Å². The Morgan fingerprint density at radius 1 is 1.11 bits per heavy atom. The first-order chi connectivity index (χ1) is 17.7. The molecule has 1 unspecified atom stereocenters. The number of fused-ring (bicyclic) bond motifs is 1. The van der Waals surface area contributed by atoms with Crippen LogP contribution in [0, 0.1) is 5.82 Å². The summed E-state index contributed by atoms with van der Waals surface area (Å²) in [5.74, 6) is -0.346. The summed E-state index contributed by atoms with van der Waals surface area (Å²) in [7, 11) is 0. The molecule has 0 bridgehead atoms. The number of amides is 2. The maximum absolute atomic E-state index is 13.7. The summed E-state index contributed by atoms with van der Waals surface area (Å²) in [5, 5.41) is 1.09. The fourth-order valence-corrected chi connectivity index (χ4v) is 4.80. The minimum atomic E-state index is -0.713. The molecule has 1 aliphatic carbocycles. The Kier molecular flexibility index (Phi) is 6.94. The molecule has 37 heavy (non-hydrogen) atoms. The van der Waals surface area contributed by atoms with E-state index in [9.17, 15) is 14.0 Å². The monoisotopic (exact) mass is 507 g/mol. The van der Waals surface area contributed by atoms with Gasteiger partial charge < -0.3 is 23.8 Å². The summed E-state index contributed by atoms with van der Waals surface area (Å²) in [4.78, 5) is 29.8. The zero-order valence-corrected chi connectivity index (χ0v) is 21.7. The molecule has 0 radical (unpaired) electrons. The average Bonchev–Trinajstić information content (AvgIpc) is 3.66. The molecule has 5 rings (SSSR count).